The van der Waals surface area contributed by atoms with Crippen LogP contribution < -0.4 is 0 Å². The molecule has 0 amide bonds. The first-order chi connectivity index (χ1) is 6.68. The summed E-state index contributed by atoms with van der Waals surface area (Å²) in [5.41, 5.74) is -0.0633. The van der Waals surface area contributed by atoms with Crippen molar-refractivity contribution in [2.45, 2.75) is 33.7 Å². The van der Waals surface area contributed by atoms with E-state index in [1.165, 1.54) is 0 Å². The van der Waals surface area contributed by atoms with Crippen LogP contribution in [0.3, 0.4) is 0 Å². The molecular formula is C11H21NO2S. The molecule has 0 aliphatic carbocycles. The molecule has 2 heterocycles. The molecule has 2 unspecified atom stereocenters. The Labute approximate surface area is 92.8 Å². The summed E-state index contributed by atoms with van der Waals surface area (Å²) in [6.07, 6.45) is 0. The Morgan fingerprint density at radius 1 is 1.07 bits per heavy atom. The van der Waals surface area contributed by atoms with Gasteiger partial charge in [-0.05, 0) is 13.8 Å². The number of fused-ring (bicyclic) bond motifs is 1. The van der Waals surface area contributed by atoms with Gasteiger partial charge in [0.25, 0.3) is 0 Å². The molecule has 88 valence electrons. The number of nitrogens with zero attached hydrogens (tertiary/aromatic N) is 1. The summed E-state index contributed by atoms with van der Waals surface area (Å²) in [6.45, 7) is 10.5. The molecule has 0 radical (unpaired) electrons. The molecule has 0 N–H and O–H groups in total. The molecule has 15 heavy (non-hydrogen) atoms. The van der Waals surface area contributed by atoms with Gasteiger partial charge >= 0.3 is 0 Å². The van der Waals surface area contributed by atoms with Crippen LogP contribution in [0, 0.1) is 10.8 Å². The van der Waals surface area contributed by atoms with Crippen LogP contribution in [0.2, 0.25) is 0 Å². The molecular weight excluding hydrogens is 210 g/mol. The van der Waals surface area contributed by atoms with Gasteiger partial charge in [-0.25, -0.2) is 8.42 Å². The molecule has 2 aliphatic rings. The molecule has 0 spiro atoms. The number of hydrogen-bond donors (Lipinski definition) is 0. The fourth-order valence-electron chi connectivity index (χ4n) is 3.16. The zero-order chi connectivity index (χ0) is 11.5. The van der Waals surface area contributed by atoms with E-state index < -0.39 is 9.84 Å². The first-order valence-electron chi connectivity index (χ1n) is 5.62. The molecule has 2 rings (SSSR count). The van der Waals surface area contributed by atoms with Crippen LogP contribution in [0.5, 0.6) is 0 Å². The summed E-state index contributed by atoms with van der Waals surface area (Å²) in [5.74, 6) is 0.749. The van der Waals surface area contributed by atoms with Crippen molar-refractivity contribution in [3.05, 3.63) is 0 Å². The second-order valence-corrected chi connectivity index (χ2v) is 8.22. The first kappa shape index (κ1) is 11.4. The summed E-state index contributed by atoms with van der Waals surface area (Å²) in [6, 6.07) is 0.520. The molecule has 2 saturated heterocycles. The predicted octanol–water partition coefficient (Wildman–Crippen LogP) is 1.15. The molecule has 3 nitrogen and oxygen atoms in total. The van der Waals surface area contributed by atoms with Crippen LogP contribution in [-0.4, -0.2) is 44.0 Å². The van der Waals surface area contributed by atoms with Gasteiger partial charge in [0, 0.05) is 30.0 Å². The Kier molecular flexibility index (Phi) is 2.26. The van der Waals surface area contributed by atoms with E-state index >= 15 is 0 Å². The maximum Gasteiger partial charge on any atom is 0.151 e. The van der Waals surface area contributed by atoms with Crippen molar-refractivity contribution in [2.24, 2.45) is 10.8 Å². The second kappa shape index (κ2) is 2.98. The summed E-state index contributed by atoms with van der Waals surface area (Å²) in [5, 5.41) is 0. The SMILES string of the molecule is CC(C)N1CC2(C)CS(=O)(=O)CC2(C)C1. The molecule has 0 aromatic heterocycles. The van der Waals surface area contributed by atoms with Gasteiger partial charge in [0.2, 0.25) is 0 Å². The third-order valence-corrected chi connectivity index (χ3v) is 6.52. The minimum atomic E-state index is -2.80. The van der Waals surface area contributed by atoms with Crippen molar-refractivity contribution < 1.29 is 8.42 Å². The second-order valence-electron chi connectivity index (χ2n) is 6.15. The van der Waals surface area contributed by atoms with E-state index in [1.54, 1.807) is 0 Å². The summed E-state index contributed by atoms with van der Waals surface area (Å²) < 4.78 is 23.4. The van der Waals surface area contributed by atoms with Crippen LogP contribution in [0.1, 0.15) is 27.7 Å². The minimum Gasteiger partial charge on any atom is -0.300 e. The lowest BCUT2D eigenvalue weighted by Crippen LogP contribution is -2.34. The smallest absolute Gasteiger partial charge is 0.151 e. The highest BCUT2D eigenvalue weighted by atomic mass is 32.2. The number of rotatable bonds is 1. The average molecular weight is 231 g/mol. The van der Waals surface area contributed by atoms with E-state index in [0.29, 0.717) is 17.5 Å². The van der Waals surface area contributed by atoms with Crippen LogP contribution in [0.15, 0.2) is 0 Å². The van der Waals surface area contributed by atoms with Crippen molar-refractivity contribution >= 4 is 9.84 Å². The quantitative estimate of drug-likeness (QED) is 0.679. The third-order valence-electron chi connectivity index (χ3n) is 4.37. The number of likely N-dealkylation sites (tertiary alicyclic amines) is 1. The standard InChI is InChI=1S/C11H21NO2S/c1-9(2)12-5-10(3)7-15(13,14)8-11(10,4)6-12/h9H,5-8H2,1-4H3. The van der Waals surface area contributed by atoms with Gasteiger partial charge in [-0.2, -0.15) is 0 Å². The number of hydrogen-bond acceptors (Lipinski definition) is 3. The largest absolute Gasteiger partial charge is 0.300 e. The normalized spacial score (nSPS) is 44.9. The lowest BCUT2D eigenvalue weighted by atomic mass is 9.71. The Morgan fingerprint density at radius 3 is 1.80 bits per heavy atom. The lowest BCUT2D eigenvalue weighted by molar-refractivity contribution is 0.212. The molecule has 0 aromatic rings. The Hall–Kier alpha value is -0.0900. The van der Waals surface area contributed by atoms with Crippen LogP contribution in [0.25, 0.3) is 0 Å². The van der Waals surface area contributed by atoms with Crippen LogP contribution >= 0.6 is 0 Å². The van der Waals surface area contributed by atoms with Crippen LogP contribution in [-0.2, 0) is 9.84 Å². The van der Waals surface area contributed by atoms with E-state index in [0.717, 1.165) is 13.1 Å². The van der Waals surface area contributed by atoms with Crippen LogP contribution in [0.4, 0.5) is 0 Å². The van der Waals surface area contributed by atoms with Crippen molar-refractivity contribution in [3.8, 4) is 0 Å². The third kappa shape index (κ3) is 1.62. The zero-order valence-electron chi connectivity index (χ0n) is 10.1. The van der Waals surface area contributed by atoms with Gasteiger partial charge in [0.1, 0.15) is 0 Å². The van der Waals surface area contributed by atoms with E-state index in [4.69, 9.17) is 0 Å². The Balaban J connectivity index is 2.31. The fraction of sp³-hybridized carbons (Fsp3) is 1.00. The van der Waals surface area contributed by atoms with Gasteiger partial charge in [-0.3, -0.25) is 4.90 Å². The topological polar surface area (TPSA) is 37.4 Å². The Morgan fingerprint density at radius 2 is 1.47 bits per heavy atom. The highest BCUT2D eigenvalue weighted by molar-refractivity contribution is 7.91. The predicted molar refractivity (Wildman–Crippen MR) is 61.6 cm³/mol. The fourth-order valence-corrected chi connectivity index (χ4v) is 6.08. The average Bonchev–Trinajstić information content (AvgIpc) is 2.28. The zero-order valence-corrected chi connectivity index (χ0v) is 10.9. The van der Waals surface area contributed by atoms with Gasteiger partial charge in [-0.1, -0.05) is 13.8 Å². The molecule has 2 atom stereocenters. The highest BCUT2D eigenvalue weighted by Gasteiger charge is 2.60. The molecule has 2 aliphatic heterocycles. The van der Waals surface area contributed by atoms with E-state index in [1.807, 2.05) is 0 Å². The van der Waals surface area contributed by atoms with E-state index in [2.05, 4.69) is 32.6 Å². The van der Waals surface area contributed by atoms with Crippen molar-refractivity contribution in [1.29, 1.82) is 0 Å². The van der Waals surface area contributed by atoms with Gasteiger partial charge in [0.05, 0.1) is 11.5 Å². The van der Waals surface area contributed by atoms with Gasteiger partial charge in [-0.15, -0.1) is 0 Å². The summed E-state index contributed by atoms with van der Waals surface area (Å²) >= 11 is 0. The summed E-state index contributed by atoms with van der Waals surface area (Å²) in [7, 11) is -2.80. The lowest BCUT2D eigenvalue weighted by Gasteiger charge is -2.30. The van der Waals surface area contributed by atoms with Gasteiger partial charge in [0.15, 0.2) is 9.84 Å². The maximum atomic E-state index is 11.7. The molecule has 4 heteroatoms. The molecule has 0 aromatic carbocycles. The van der Waals surface area contributed by atoms with Crippen molar-refractivity contribution in [2.75, 3.05) is 24.6 Å². The maximum absolute atomic E-state index is 11.7. The highest BCUT2D eigenvalue weighted by Crippen LogP contribution is 2.52. The molecule has 2 fully saturated rings. The van der Waals surface area contributed by atoms with Gasteiger partial charge < -0.3 is 0 Å². The van der Waals surface area contributed by atoms with E-state index in [9.17, 15) is 8.42 Å². The van der Waals surface area contributed by atoms with E-state index in [-0.39, 0.29) is 10.8 Å². The summed E-state index contributed by atoms with van der Waals surface area (Å²) in [4.78, 5) is 2.41. The molecule has 0 saturated carbocycles. The molecule has 0 bridgehead atoms. The number of sulfone groups is 1. The van der Waals surface area contributed by atoms with Crippen molar-refractivity contribution in [1.82, 2.24) is 4.90 Å². The minimum absolute atomic E-state index is 0.0316. The van der Waals surface area contributed by atoms with Crippen molar-refractivity contribution in [3.63, 3.8) is 0 Å². The Bertz CT molecular complexity index is 350. The monoisotopic (exact) mass is 231 g/mol. The first-order valence-corrected chi connectivity index (χ1v) is 7.44.